The van der Waals surface area contributed by atoms with E-state index in [4.69, 9.17) is 4.98 Å². The fourth-order valence-electron chi connectivity index (χ4n) is 5.63. The number of carbonyl (C=O) groups excluding carboxylic acids is 2. The van der Waals surface area contributed by atoms with Crippen LogP contribution in [0.25, 0.3) is 0 Å². The summed E-state index contributed by atoms with van der Waals surface area (Å²) < 4.78 is 0. The standard InChI is InChI=1S/C27H34N6O2/c1-18-14-20(26(34)29-21-6-7-21)5-8-23(18)32-12-10-31(11-13-32)17-19-15-22-25(28-16-19)33-9-3-2-4-24(33)27(35)30-22/h5,8,14-16,21,24H,2-4,6-7,9-13,17H2,1H3,(H,29,34)(H,30,35)/t24-/m0/s1. The molecule has 1 saturated carbocycles. The van der Waals surface area contributed by atoms with E-state index < -0.39 is 0 Å². The van der Waals surface area contributed by atoms with Gasteiger partial charge in [-0.15, -0.1) is 0 Å². The normalized spacial score (nSPS) is 22.3. The maximum absolute atomic E-state index is 12.6. The summed E-state index contributed by atoms with van der Waals surface area (Å²) in [4.78, 5) is 36.8. The van der Waals surface area contributed by atoms with E-state index in [-0.39, 0.29) is 17.9 Å². The molecule has 0 radical (unpaired) electrons. The average molecular weight is 475 g/mol. The van der Waals surface area contributed by atoms with Gasteiger partial charge in [-0.25, -0.2) is 4.98 Å². The fourth-order valence-corrected chi connectivity index (χ4v) is 5.63. The molecule has 2 aromatic rings. The summed E-state index contributed by atoms with van der Waals surface area (Å²) in [5, 5.41) is 6.17. The smallest absolute Gasteiger partial charge is 0.251 e. The second kappa shape index (κ2) is 9.15. The highest BCUT2D eigenvalue weighted by Gasteiger charge is 2.35. The predicted molar refractivity (Wildman–Crippen MR) is 137 cm³/mol. The topological polar surface area (TPSA) is 80.8 Å². The van der Waals surface area contributed by atoms with E-state index in [9.17, 15) is 9.59 Å². The van der Waals surface area contributed by atoms with Crippen molar-refractivity contribution in [2.24, 2.45) is 0 Å². The van der Waals surface area contributed by atoms with Crippen molar-refractivity contribution in [2.45, 2.75) is 57.7 Å². The van der Waals surface area contributed by atoms with Crippen molar-refractivity contribution >= 4 is 29.0 Å². The number of carbonyl (C=O) groups is 2. The zero-order chi connectivity index (χ0) is 23.9. The molecule has 2 saturated heterocycles. The maximum atomic E-state index is 12.6. The second-order valence-electron chi connectivity index (χ2n) is 10.4. The summed E-state index contributed by atoms with van der Waals surface area (Å²) in [6.45, 7) is 7.63. The number of piperazine rings is 1. The molecule has 8 heteroatoms. The molecule has 0 spiro atoms. The lowest BCUT2D eigenvalue weighted by Crippen LogP contribution is -2.51. The molecule has 3 aliphatic heterocycles. The molecule has 4 aliphatic rings. The molecule has 1 aromatic carbocycles. The van der Waals surface area contributed by atoms with Crippen molar-refractivity contribution < 1.29 is 9.59 Å². The summed E-state index contributed by atoms with van der Waals surface area (Å²) in [6, 6.07) is 8.47. The Hall–Kier alpha value is -3.13. The van der Waals surface area contributed by atoms with Gasteiger partial charge in [0.15, 0.2) is 5.82 Å². The van der Waals surface area contributed by atoms with Crippen LogP contribution in [-0.4, -0.2) is 66.5 Å². The van der Waals surface area contributed by atoms with E-state index >= 15 is 0 Å². The van der Waals surface area contributed by atoms with Crippen molar-refractivity contribution in [2.75, 3.05) is 47.8 Å². The minimum atomic E-state index is -0.0622. The molecule has 8 nitrogen and oxygen atoms in total. The number of aryl methyl sites for hydroxylation is 1. The molecule has 2 N–H and O–H groups in total. The molecule has 184 valence electrons. The van der Waals surface area contributed by atoms with Crippen molar-refractivity contribution in [1.29, 1.82) is 0 Å². The number of hydrogen-bond donors (Lipinski definition) is 2. The van der Waals surface area contributed by atoms with Crippen LogP contribution in [-0.2, 0) is 11.3 Å². The number of anilines is 3. The molecular formula is C27H34N6O2. The number of amides is 2. The minimum absolute atomic E-state index is 0.0395. The lowest BCUT2D eigenvalue weighted by atomic mass is 9.99. The molecule has 0 unspecified atom stereocenters. The van der Waals surface area contributed by atoms with Crippen LogP contribution in [0.15, 0.2) is 30.5 Å². The van der Waals surface area contributed by atoms with E-state index in [0.717, 1.165) is 99.6 Å². The van der Waals surface area contributed by atoms with Gasteiger partial charge in [-0.05, 0) is 74.4 Å². The Labute approximate surface area is 206 Å². The van der Waals surface area contributed by atoms with Gasteiger partial charge in [0.05, 0.1) is 5.69 Å². The van der Waals surface area contributed by atoms with Gasteiger partial charge in [0.2, 0.25) is 5.91 Å². The van der Waals surface area contributed by atoms with Gasteiger partial charge in [0.1, 0.15) is 6.04 Å². The van der Waals surface area contributed by atoms with Gasteiger partial charge in [-0.3, -0.25) is 14.5 Å². The number of aromatic nitrogens is 1. The largest absolute Gasteiger partial charge is 0.369 e. The highest BCUT2D eigenvalue weighted by molar-refractivity contribution is 6.03. The number of nitrogens with zero attached hydrogens (tertiary/aromatic N) is 4. The summed E-state index contributed by atoms with van der Waals surface area (Å²) in [6.07, 6.45) is 7.31. The Bertz CT molecular complexity index is 1140. The lowest BCUT2D eigenvalue weighted by molar-refractivity contribution is -0.118. The summed E-state index contributed by atoms with van der Waals surface area (Å²) in [5.74, 6) is 1.07. The number of rotatable bonds is 5. The number of benzene rings is 1. The third-order valence-electron chi connectivity index (χ3n) is 7.75. The quantitative estimate of drug-likeness (QED) is 0.694. The van der Waals surface area contributed by atoms with E-state index in [2.05, 4.69) is 44.4 Å². The third-order valence-corrected chi connectivity index (χ3v) is 7.75. The Morgan fingerprint density at radius 2 is 1.91 bits per heavy atom. The Balaban J connectivity index is 1.07. The van der Waals surface area contributed by atoms with Crippen LogP contribution in [0.4, 0.5) is 17.2 Å². The van der Waals surface area contributed by atoms with Crippen molar-refractivity contribution in [1.82, 2.24) is 15.2 Å². The molecular weight excluding hydrogens is 440 g/mol. The Morgan fingerprint density at radius 1 is 1.09 bits per heavy atom. The number of piperidine rings is 1. The number of pyridine rings is 1. The first-order chi connectivity index (χ1) is 17.0. The third kappa shape index (κ3) is 4.59. The van der Waals surface area contributed by atoms with Gasteiger partial charge < -0.3 is 20.4 Å². The maximum Gasteiger partial charge on any atom is 0.251 e. The van der Waals surface area contributed by atoms with E-state index in [1.165, 1.54) is 5.69 Å². The van der Waals surface area contributed by atoms with Gasteiger partial charge in [-0.2, -0.15) is 0 Å². The van der Waals surface area contributed by atoms with Crippen molar-refractivity contribution in [3.05, 3.63) is 47.2 Å². The van der Waals surface area contributed by atoms with Crippen LogP contribution in [0.2, 0.25) is 0 Å². The molecule has 0 bridgehead atoms. The van der Waals surface area contributed by atoms with Crippen molar-refractivity contribution in [3.63, 3.8) is 0 Å². The monoisotopic (exact) mass is 474 g/mol. The Morgan fingerprint density at radius 3 is 2.69 bits per heavy atom. The minimum Gasteiger partial charge on any atom is -0.369 e. The molecule has 1 atom stereocenters. The number of nitrogens with one attached hydrogen (secondary N) is 2. The van der Waals surface area contributed by atoms with Gasteiger partial charge in [0, 0.05) is 62.8 Å². The molecule has 2 amide bonds. The van der Waals surface area contributed by atoms with Gasteiger partial charge in [0.25, 0.3) is 5.91 Å². The van der Waals surface area contributed by atoms with Crippen LogP contribution >= 0.6 is 0 Å². The van der Waals surface area contributed by atoms with Crippen molar-refractivity contribution in [3.8, 4) is 0 Å². The van der Waals surface area contributed by atoms with Gasteiger partial charge >= 0.3 is 0 Å². The highest BCUT2D eigenvalue weighted by atomic mass is 16.2. The average Bonchev–Trinajstić information content (AvgIpc) is 3.69. The SMILES string of the molecule is Cc1cc(C(=O)NC2CC2)ccc1N1CCN(Cc2cnc3c(c2)NC(=O)[C@@H]2CCCCN32)CC1. The molecule has 35 heavy (non-hydrogen) atoms. The second-order valence-corrected chi connectivity index (χ2v) is 10.4. The first-order valence-electron chi connectivity index (χ1n) is 13.0. The zero-order valence-electron chi connectivity index (χ0n) is 20.4. The first-order valence-corrected chi connectivity index (χ1v) is 13.0. The summed E-state index contributed by atoms with van der Waals surface area (Å²) in [7, 11) is 0. The number of hydrogen-bond acceptors (Lipinski definition) is 6. The van der Waals surface area contributed by atoms with Crippen LogP contribution < -0.4 is 20.4 Å². The van der Waals surface area contributed by atoms with Crippen LogP contribution in [0, 0.1) is 6.92 Å². The van der Waals surface area contributed by atoms with Crippen LogP contribution in [0.3, 0.4) is 0 Å². The first kappa shape index (κ1) is 22.3. The molecule has 4 heterocycles. The van der Waals surface area contributed by atoms with E-state index in [0.29, 0.717) is 6.04 Å². The number of fused-ring (bicyclic) bond motifs is 3. The van der Waals surface area contributed by atoms with E-state index in [1.54, 1.807) is 0 Å². The highest BCUT2D eigenvalue weighted by Crippen LogP contribution is 2.35. The summed E-state index contributed by atoms with van der Waals surface area (Å²) >= 11 is 0. The zero-order valence-corrected chi connectivity index (χ0v) is 20.4. The fraction of sp³-hybridized carbons (Fsp3) is 0.519. The molecule has 6 rings (SSSR count). The van der Waals surface area contributed by atoms with E-state index in [1.807, 2.05) is 18.3 Å². The predicted octanol–water partition coefficient (Wildman–Crippen LogP) is 2.92. The molecule has 1 aromatic heterocycles. The Kier molecular flexibility index (Phi) is 5.84. The van der Waals surface area contributed by atoms with Gasteiger partial charge in [-0.1, -0.05) is 0 Å². The van der Waals surface area contributed by atoms with Crippen LogP contribution in [0.1, 0.15) is 53.6 Å². The van der Waals surface area contributed by atoms with Crippen LogP contribution in [0.5, 0.6) is 0 Å². The molecule has 1 aliphatic carbocycles. The lowest BCUT2D eigenvalue weighted by Gasteiger charge is -2.40. The summed E-state index contributed by atoms with van der Waals surface area (Å²) in [5.41, 5.74) is 5.09. The molecule has 3 fully saturated rings.